The number of phenols is 1. The van der Waals surface area contributed by atoms with Crippen LogP contribution < -0.4 is 10.2 Å². The molecule has 0 spiro atoms. The lowest BCUT2D eigenvalue weighted by atomic mass is 10.1. The second kappa shape index (κ2) is 7.21. The summed E-state index contributed by atoms with van der Waals surface area (Å²) in [5.41, 5.74) is 2.48. The van der Waals surface area contributed by atoms with Crippen molar-refractivity contribution in [1.82, 2.24) is 0 Å². The van der Waals surface area contributed by atoms with Crippen LogP contribution in [-0.4, -0.2) is 29.0 Å². The van der Waals surface area contributed by atoms with Crippen LogP contribution in [0.4, 0.5) is 17.1 Å². The van der Waals surface area contributed by atoms with E-state index in [2.05, 4.69) is 5.32 Å². The fourth-order valence-corrected chi connectivity index (χ4v) is 3.02. The Labute approximate surface area is 145 Å². The Balaban J connectivity index is 1.75. The van der Waals surface area contributed by atoms with Gasteiger partial charge in [-0.05, 0) is 55.2 Å². The molecule has 0 saturated carbocycles. The zero-order valence-electron chi connectivity index (χ0n) is 13.6. The maximum Gasteiger partial charge on any atom is 0.269 e. The van der Waals surface area contributed by atoms with Gasteiger partial charge in [0.15, 0.2) is 0 Å². The summed E-state index contributed by atoms with van der Waals surface area (Å²) >= 11 is 0. The lowest BCUT2D eigenvalue weighted by molar-refractivity contribution is -0.384. The van der Waals surface area contributed by atoms with E-state index >= 15 is 0 Å². The quantitative estimate of drug-likeness (QED) is 0.506. The van der Waals surface area contributed by atoms with E-state index in [9.17, 15) is 20.0 Å². The molecule has 0 radical (unpaired) electrons. The number of carbonyl (C=O) groups is 1. The topological polar surface area (TPSA) is 95.7 Å². The van der Waals surface area contributed by atoms with Gasteiger partial charge in [-0.25, -0.2) is 0 Å². The Morgan fingerprint density at radius 3 is 2.68 bits per heavy atom. The van der Waals surface area contributed by atoms with Gasteiger partial charge in [0.2, 0.25) is 5.91 Å². The fourth-order valence-electron chi connectivity index (χ4n) is 3.02. The first-order valence-electron chi connectivity index (χ1n) is 8.14. The SMILES string of the molecule is O=C(CN1CCCCc2cc([N+](=O)[O-])ccc21)Nc1ccc(O)cc1. The molecule has 7 nitrogen and oxygen atoms in total. The van der Waals surface area contributed by atoms with E-state index in [1.165, 1.54) is 18.2 Å². The van der Waals surface area contributed by atoms with Crippen molar-refractivity contribution < 1.29 is 14.8 Å². The van der Waals surface area contributed by atoms with Crippen LogP contribution in [0.15, 0.2) is 42.5 Å². The molecule has 1 aliphatic rings. The molecule has 2 aromatic carbocycles. The number of nitrogens with zero attached hydrogens (tertiary/aromatic N) is 2. The van der Waals surface area contributed by atoms with Gasteiger partial charge in [0, 0.05) is 30.1 Å². The van der Waals surface area contributed by atoms with E-state index in [0.29, 0.717) is 5.69 Å². The van der Waals surface area contributed by atoms with Gasteiger partial charge >= 0.3 is 0 Å². The Bertz CT molecular complexity index is 789. The van der Waals surface area contributed by atoms with Crippen molar-refractivity contribution >= 4 is 23.0 Å². The Kier molecular flexibility index (Phi) is 4.83. The molecule has 1 aliphatic heterocycles. The molecular weight excluding hydrogens is 322 g/mol. The molecule has 1 amide bonds. The van der Waals surface area contributed by atoms with Crippen molar-refractivity contribution in [3.05, 3.63) is 58.1 Å². The lowest BCUT2D eigenvalue weighted by Gasteiger charge is -2.24. The molecule has 130 valence electrons. The highest BCUT2D eigenvalue weighted by Crippen LogP contribution is 2.29. The molecule has 2 N–H and O–H groups in total. The molecule has 0 aromatic heterocycles. The second-order valence-corrected chi connectivity index (χ2v) is 6.04. The molecule has 3 rings (SSSR count). The van der Waals surface area contributed by atoms with E-state index in [0.717, 1.165) is 37.1 Å². The summed E-state index contributed by atoms with van der Waals surface area (Å²) in [4.78, 5) is 24.9. The minimum absolute atomic E-state index is 0.0779. The van der Waals surface area contributed by atoms with Gasteiger partial charge < -0.3 is 15.3 Å². The summed E-state index contributed by atoms with van der Waals surface area (Å²) in [5.74, 6) is -0.0297. The molecule has 0 fully saturated rings. The number of aryl methyl sites for hydroxylation is 1. The monoisotopic (exact) mass is 341 g/mol. The molecule has 0 bridgehead atoms. The van der Waals surface area contributed by atoms with Gasteiger partial charge in [0.1, 0.15) is 5.75 Å². The van der Waals surface area contributed by atoms with E-state index in [-0.39, 0.29) is 23.9 Å². The number of amides is 1. The molecule has 7 heteroatoms. The predicted molar refractivity (Wildman–Crippen MR) is 95.0 cm³/mol. The number of non-ortho nitro benzene ring substituents is 1. The average Bonchev–Trinajstić information content (AvgIpc) is 2.78. The molecule has 0 unspecified atom stereocenters. The van der Waals surface area contributed by atoms with Gasteiger partial charge in [-0.1, -0.05) is 0 Å². The van der Waals surface area contributed by atoms with E-state index < -0.39 is 4.92 Å². The Morgan fingerprint density at radius 1 is 1.20 bits per heavy atom. The van der Waals surface area contributed by atoms with Crippen molar-refractivity contribution in [2.75, 3.05) is 23.3 Å². The number of nitro groups is 1. The number of carbonyl (C=O) groups excluding carboxylic acids is 1. The summed E-state index contributed by atoms with van der Waals surface area (Å²) in [7, 11) is 0. The summed E-state index contributed by atoms with van der Waals surface area (Å²) in [6.07, 6.45) is 2.63. The van der Waals surface area contributed by atoms with E-state index in [1.807, 2.05) is 4.90 Å². The number of fused-ring (bicyclic) bond motifs is 1. The number of nitrogens with one attached hydrogen (secondary N) is 1. The van der Waals surface area contributed by atoms with Crippen LogP contribution in [0, 0.1) is 10.1 Å². The summed E-state index contributed by atoms with van der Waals surface area (Å²) in [6.45, 7) is 0.902. The number of phenolic OH excluding ortho intramolecular Hbond substituents is 1. The largest absolute Gasteiger partial charge is 0.508 e. The van der Waals surface area contributed by atoms with Gasteiger partial charge in [0.05, 0.1) is 11.5 Å². The zero-order valence-corrected chi connectivity index (χ0v) is 13.6. The highest BCUT2D eigenvalue weighted by Gasteiger charge is 2.20. The van der Waals surface area contributed by atoms with E-state index in [4.69, 9.17) is 0 Å². The number of rotatable bonds is 4. The van der Waals surface area contributed by atoms with Gasteiger partial charge in [0.25, 0.3) is 5.69 Å². The Morgan fingerprint density at radius 2 is 1.96 bits per heavy atom. The zero-order chi connectivity index (χ0) is 17.8. The van der Waals surface area contributed by atoms with Crippen LogP contribution >= 0.6 is 0 Å². The molecule has 1 heterocycles. The van der Waals surface area contributed by atoms with Crippen molar-refractivity contribution in [1.29, 1.82) is 0 Å². The summed E-state index contributed by atoms with van der Waals surface area (Å²) in [5, 5.41) is 23.1. The third-order valence-electron chi connectivity index (χ3n) is 4.22. The third-order valence-corrected chi connectivity index (χ3v) is 4.22. The van der Waals surface area contributed by atoms with Crippen LogP contribution in [0.5, 0.6) is 5.75 Å². The first kappa shape index (κ1) is 16.8. The first-order valence-corrected chi connectivity index (χ1v) is 8.14. The molecule has 25 heavy (non-hydrogen) atoms. The number of anilines is 2. The molecule has 0 saturated heterocycles. The minimum atomic E-state index is -0.396. The lowest BCUT2D eigenvalue weighted by Crippen LogP contribution is -2.34. The van der Waals surface area contributed by atoms with Crippen LogP contribution in [0.3, 0.4) is 0 Å². The summed E-state index contributed by atoms with van der Waals surface area (Å²) < 4.78 is 0. The maximum atomic E-state index is 12.3. The van der Waals surface area contributed by atoms with Crippen LogP contribution in [-0.2, 0) is 11.2 Å². The molecule has 0 atom stereocenters. The highest BCUT2D eigenvalue weighted by molar-refractivity contribution is 5.94. The molecular formula is C18H19N3O4. The Hall–Kier alpha value is -3.09. The second-order valence-electron chi connectivity index (χ2n) is 6.04. The normalized spacial score (nSPS) is 13.7. The van der Waals surface area contributed by atoms with Crippen molar-refractivity contribution in [3.63, 3.8) is 0 Å². The number of hydrogen-bond acceptors (Lipinski definition) is 5. The molecule has 2 aromatic rings. The average molecular weight is 341 g/mol. The van der Waals surface area contributed by atoms with Gasteiger partial charge in [-0.2, -0.15) is 0 Å². The van der Waals surface area contributed by atoms with Crippen LogP contribution in [0.1, 0.15) is 18.4 Å². The number of hydrogen-bond donors (Lipinski definition) is 2. The number of nitro benzene ring substituents is 1. The fraction of sp³-hybridized carbons (Fsp3) is 0.278. The van der Waals surface area contributed by atoms with Gasteiger partial charge in [-0.15, -0.1) is 0 Å². The summed E-state index contributed by atoms with van der Waals surface area (Å²) in [6, 6.07) is 11.1. The van der Waals surface area contributed by atoms with Crippen molar-refractivity contribution in [3.8, 4) is 5.75 Å². The van der Waals surface area contributed by atoms with Gasteiger partial charge in [-0.3, -0.25) is 14.9 Å². The highest BCUT2D eigenvalue weighted by atomic mass is 16.6. The molecule has 0 aliphatic carbocycles. The smallest absolute Gasteiger partial charge is 0.269 e. The number of benzene rings is 2. The predicted octanol–water partition coefficient (Wildman–Crippen LogP) is 3.08. The third kappa shape index (κ3) is 4.06. The van der Waals surface area contributed by atoms with Crippen LogP contribution in [0.25, 0.3) is 0 Å². The van der Waals surface area contributed by atoms with Crippen molar-refractivity contribution in [2.24, 2.45) is 0 Å². The van der Waals surface area contributed by atoms with Crippen molar-refractivity contribution in [2.45, 2.75) is 19.3 Å². The first-order chi connectivity index (χ1) is 12.0. The maximum absolute atomic E-state index is 12.3. The number of aromatic hydroxyl groups is 1. The van der Waals surface area contributed by atoms with E-state index in [1.54, 1.807) is 24.3 Å². The van der Waals surface area contributed by atoms with Crippen LogP contribution in [0.2, 0.25) is 0 Å². The standard InChI is InChI=1S/C18H19N3O4/c22-16-7-4-14(5-8-16)19-18(23)12-20-10-2-1-3-13-11-15(21(24)25)6-9-17(13)20/h4-9,11,22H,1-3,10,12H2,(H,19,23). The minimum Gasteiger partial charge on any atom is -0.508 e.